The van der Waals surface area contributed by atoms with Crippen molar-refractivity contribution in [3.05, 3.63) is 29.3 Å². The van der Waals surface area contributed by atoms with Gasteiger partial charge in [-0.1, -0.05) is 19.9 Å². The molecule has 2 rings (SSSR count). The molecule has 3 heteroatoms. The third kappa shape index (κ3) is 3.28. The molecule has 0 saturated heterocycles. The topological polar surface area (TPSA) is 32.3 Å². The molecular formula is C16H24N2O. The fourth-order valence-electron chi connectivity index (χ4n) is 2.53. The van der Waals surface area contributed by atoms with E-state index in [1.54, 1.807) is 0 Å². The Hall–Kier alpha value is -1.51. The SMILES string of the molecule is CC(C)Nc1ccc2c(c1)CCN(C(=O)C(C)C)C2. The Morgan fingerprint density at radius 1 is 1.21 bits per heavy atom. The summed E-state index contributed by atoms with van der Waals surface area (Å²) < 4.78 is 0. The monoisotopic (exact) mass is 260 g/mol. The van der Waals surface area contributed by atoms with Crippen LogP contribution in [0.25, 0.3) is 0 Å². The second-order valence-electron chi connectivity index (χ2n) is 5.95. The number of fused-ring (bicyclic) bond motifs is 1. The molecule has 0 spiro atoms. The summed E-state index contributed by atoms with van der Waals surface area (Å²) in [7, 11) is 0. The van der Waals surface area contributed by atoms with E-state index < -0.39 is 0 Å². The minimum absolute atomic E-state index is 0.0865. The minimum atomic E-state index is 0.0865. The Morgan fingerprint density at radius 2 is 1.95 bits per heavy atom. The van der Waals surface area contributed by atoms with Gasteiger partial charge in [-0.3, -0.25) is 4.79 Å². The first kappa shape index (κ1) is 13.9. The van der Waals surface area contributed by atoms with Gasteiger partial charge in [0.05, 0.1) is 0 Å². The average Bonchev–Trinajstić information content (AvgIpc) is 2.36. The summed E-state index contributed by atoms with van der Waals surface area (Å²) in [4.78, 5) is 14.0. The molecule has 1 aliphatic heterocycles. The van der Waals surface area contributed by atoms with E-state index in [9.17, 15) is 4.79 Å². The van der Waals surface area contributed by atoms with Crippen molar-refractivity contribution >= 4 is 11.6 Å². The van der Waals surface area contributed by atoms with Crippen molar-refractivity contribution in [2.24, 2.45) is 5.92 Å². The van der Waals surface area contributed by atoms with Crippen molar-refractivity contribution < 1.29 is 4.79 Å². The lowest BCUT2D eigenvalue weighted by Gasteiger charge is -2.30. The van der Waals surface area contributed by atoms with E-state index in [1.165, 1.54) is 16.8 Å². The lowest BCUT2D eigenvalue weighted by molar-refractivity contribution is -0.135. The zero-order chi connectivity index (χ0) is 14.0. The normalized spacial score (nSPS) is 14.7. The van der Waals surface area contributed by atoms with Crippen molar-refractivity contribution in [2.45, 2.75) is 46.7 Å². The quantitative estimate of drug-likeness (QED) is 0.906. The Balaban J connectivity index is 2.12. The lowest BCUT2D eigenvalue weighted by Crippen LogP contribution is -2.38. The van der Waals surface area contributed by atoms with Gasteiger partial charge in [-0.15, -0.1) is 0 Å². The van der Waals surface area contributed by atoms with Gasteiger partial charge < -0.3 is 10.2 Å². The summed E-state index contributed by atoms with van der Waals surface area (Å²) in [5.74, 6) is 0.346. The van der Waals surface area contributed by atoms with Crippen LogP contribution in [0.2, 0.25) is 0 Å². The molecule has 0 atom stereocenters. The van der Waals surface area contributed by atoms with Gasteiger partial charge in [0.15, 0.2) is 0 Å². The minimum Gasteiger partial charge on any atom is -0.383 e. The number of hydrogen-bond acceptors (Lipinski definition) is 2. The standard InChI is InChI=1S/C16H24N2O/c1-11(2)16(19)18-8-7-13-9-15(17-12(3)4)6-5-14(13)10-18/h5-6,9,11-12,17H,7-8,10H2,1-4H3. The van der Waals surface area contributed by atoms with Crippen LogP contribution in [0, 0.1) is 5.92 Å². The van der Waals surface area contributed by atoms with Crippen molar-refractivity contribution in [2.75, 3.05) is 11.9 Å². The average molecular weight is 260 g/mol. The molecule has 0 unspecified atom stereocenters. The molecule has 3 nitrogen and oxygen atoms in total. The molecule has 0 radical (unpaired) electrons. The van der Waals surface area contributed by atoms with Crippen molar-refractivity contribution in [3.8, 4) is 0 Å². The highest BCUT2D eigenvalue weighted by Gasteiger charge is 2.22. The van der Waals surface area contributed by atoms with Crippen LogP contribution in [-0.2, 0) is 17.8 Å². The maximum absolute atomic E-state index is 12.0. The van der Waals surface area contributed by atoms with E-state index in [4.69, 9.17) is 0 Å². The molecule has 1 aliphatic rings. The number of anilines is 1. The highest BCUT2D eigenvalue weighted by molar-refractivity contribution is 5.78. The molecule has 0 saturated carbocycles. The molecule has 1 amide bonds. The van der Waals surface area contributed by atoms with Crippen LogP contribution < -0.4 is 5.32 Å². The number of nitrogens with zero attached hydrogens (tertiary/aromatic N) is 1. The maximum atomic E-state index is 12.0. The molecular weight excluding hydrogens is 236 g/mol. The van der Waals surface area contributed by atoms with Crippen molar-refractivity contribution in [1.82, 2.24) is 4.90 Å². The van der Waals surface area contributed by atoms with Crippen LogP contribution in [0.4, 0.5) is 5.69 Å². The maximum Gasteiger partial charge on any atom is 0.225 e. The number of nitrogens with one attached hydrogen (secondary N) is 1. The second kappa shape index (κ2) is 5.64. The molecule has 19 heavy (non-hydrogen) atoms. The van der Waals surface area contributed by atoms with Crippen LogP contribution in [0.5, 0.6) is 0 Å². The molecule has 1 aromatic rings. The van der Waals surface area contributed by atoms with E-state index in [2.05, 4.69) is 37.4 Å². The first-order chi connectivity index (χ1) is 8.97. The van der Waals surface area contributed by atoms with E-state index in [-0.39, 0.29) is 11.8 Å². The zero-order valence-electron chi connectivity index (χ0n) is 12.4. The predicted molar refractivity (Wildman–Crippen MR) is 79.2 cm³/mol. The summed E-state index contributed by atoms with van der Waals surface area (Å²) in [6.45, 7) is 9.81. The number of benzene rings is 1. The molecule has 1 N–H and O–H groups in total. The van der Waals surface area contributed by atoms with E-state index >= 15 is 0 Å². The van der Waals surface area contributed by atoms with E-state index in [0.717, 1.165) is 19.5 Å². The smallest absolute Gasteiger partial charge is 0.225 e. The Morgan fingerprint density at radius 3 is 2.58 bits per heavy atom. The zero-order valence-corrected chi connectivity index (χ0v) is 12.4. The molecule has 0 fully saturated rings. The molecule has 104 valence electrons. The molecule has 1 aromatic carbocycles. The Bertz CT molecular complexity index is 466. The Kier molecular flexibility index (Phi) is 4.13. The van der Waals surface area contributed by atoms with Gasteiger partial charge >= 0.3 is 0 Å². The predicted octanol–water partition coefficient (Wildman–Crippen LogP) is 3.05. The number of hydrogen-bond donors (Lipinski definition) is 1. The van der Waals surface area contributed by atoms with Crippen LogP contribution in [-0.4, -0.2) is 23.4 Å². The number of rotatable bonds is 3. The summed E-state index contributed by atoms with van der Waals surface area (Å²) in [6, 6.07) is 6.94. The highest BCUT2D eigenvalue weighted by atomic mass is 16.2. The molecule has 0 aliphatic carbocycles. The third-order valence-corrected chi connectivity index (χ3v) is 3.48. The largest absolute Gasteiger partial charge is 0.383 e. The van der Waals surface area contributed by atoms with E-state index in [0.29, 0.717) is 6.04 Å². The van der Waals surface area contributed by atoms with Gasteiger partial charge in [0.2, 0.25) is 5.91 Å². The van der Waals surface area contributed by atoms with Crippen LogP contribution in [0.15, 0.2) is 18.2 Å². The number of carbonyl (C=O) groups excluding carboxylic acids is 1. The molecule has 0 aromatic heterocycles. The van der Waals surface area contributed by atoms with Gasteiger partial charge in [-0.05, 0) is 43.5 Å². The van der Waals surface area contributed by atoms with Gasteiger partial charge in [0.25, 0.3) is 0 Å². The van der Waals surface area contributed by atoms with Gasteiger partial charge in [-0.2, -0.15) is 0 Å². The third-order valence-electron chi connectivity index (χ3n) is 3.48. The first-order valence-electron chi connectivity index (χ1n) is 7.14. The second-order valence-corrected chi connectivity index (χ2v) is 5.95. The lowest BCUT2D eigenvalue weighted by atomic mass is 9.98. The van der Waals surface area contributed by atoms with Gasteiger partial charge in [-0.25, -0.2) is 0 Å². The van der Waals surface area contributed by atoms with Crippen LogP contribution >= 0.6 is 0 Å². The number of carbonyl (C=O) groups is 1. The van der Waals surface area contributed by atoms with Gasteiger partial charge in [0.1, 0.15) is 0 Å². The molecule has 1 heterocycles. The number of amides is 1. The van der Waals surface area contributed by atoms with Crippen molar-refractivity contribution in [3.63, 3.8) is 0 Å². The van der Waals surface area contributed by atoms with E-state index in [1.807, 2.05) is 18.7 Å². The van der Waals surface area contributed by atoms with Gasteiger partial charge in [0, 0.05) is 30.7 Å². The fraction of sp³-hybridized carbons (Fsp3) is 0.562. The summed E-state index contributed by atoms with van der Waals surface area (Å²) >= 11 is 0. The fourth-order valence-corrected chi connectivity index (χ4v) is 2.53. The van der Waals surface area contributed by atoms with Crippen LogP contribution in [0.1, 0.15) is 38.8 Å². The molecule has 0 bridgehead atoms. The first-order valence-corrected chi connectivity index (χ1v) is 7.14. The highest BCUT2D eigenvalue weighted by Crippen LogP contribution is 2.24. The summed E-state index contributed by atoms with van der Waals surface area (Å²) in [6.07, 6.45) is 0.960. The summed E-state index contributed by atoms with van der Waals surface area (Å²) in [5.41, 5.74) is 3.84. The Labute approximate surface area is 116 Å². The summed E-state index contributed by atoms with van der Waals surface area (Å²) in [5, 5.41) is 3.43. The van der Waals surface area contributed by atoms with Crippen LogP contribution in [0.3, 0.4) is 0 Å². The van der Waals surface area contributed by atoms with Crippen molar-refractivity contribution in [1.29, 1.82) is 0 Å².